The molecule has 7 nitrogen and oxygen atoms in total. The average molecular weight is 491 g/mol. The first kappa shape index (κ1) is 25.7. The molecule has 3 fully saturated rings. The van der Waals surface area contributed by atoms with Gasteiger partial charge in [0.05, 0.1) is 6.10 Å². The Morgan fingerprint density at radius 1 is 1.14 bits per heavy atom. The summed E-state index contributed by atoms with van der Waals surface area (Å²) in [5.74, 6) is -4.16. The first-order valence-corrected chi connectivity index (χ1v) is 12.6. The van der Waals surface area contributed by atoms with Crippen molar-refractivity contribution >= 4 is 23.7 Å². The number of rotatable bonds is 4. The summed E-state index contributed by atoms with van der Waals surface area (Å²) >= 11 is 0. The number of carbonyl (C=O) groups excluding carboxylic acids is 4. The lowest BCUT2D eigenvalue weighted by Crippen LogP contribution is -2.70. The number of alkyl halides is 1. The SMILES string of the molecule is CCC(=O)OC(=O)[C@@]1(OC(=O)CC)[C@@H](C)C[C@H]2[C@@H]3CCC4=CC(=O)C=C[C@]4(C)[C@@]3(F)[C@@H](O)C[C@@]21C. The van der Waals surface area contributed by atoms with Crippen LogP contribution >= 0.6 is 0 Å². The first-order valence-electron chi connectivity index (χ1n) is 12.6. The van der Waals surface area contributed by atoms with E-state index in [1.807, 2.05) is 0 Å². The van der Waals surface area contributed by atoms with E-state index < -0.39 is 63.9 Å². The van der Waals surface area contributed by atoms with E-state index in [4.69, 9.17) is 9.47 Å². The standard InChI is InChI=1S/C27H35FO7/c1-6-21(31)34-23(33)27(35-22(32)7-2)15(3)12-19-18-9-8-16-13-17(29)10-11-24(16,4)26(18,28)20(30)14-25(19,27)5/h10-11,13,15,18-20,30H,6-9,12,14H2,1-5H3/t15-,18-,19-,20-,24-,25-,26-,27-/m0/s1. The van der Waals surface area contributed by atoms with Gasteiger partial charge < -0.3 is 14.6 Å². The van der Waals surface area contributed by atoms with Crippen LogP contribution in [-0.4, -0.2) is 46.2 Å². The number of hydrogen-bond donors (Lipinski definition) is 1. The number of halogens is 1. The number of aliphatic hydroxyl groups excluding tert-OH is 1. The molecular formula is C27H35FO7. The Balaban J connectivity index is 1.84. The van der Waals surface area contributed by atoms with Crippen molar-refractivity contribution in [3.8, 4) is 0 Å². The number of ether oxygens (including phenoxy) is 2. The summed E-state index contributed by atoms with van der Waals surface area (Å²) in [6.07, 6.45) is 3.93. The monoisotopic (exact) mass is 490 g/mol. The molecule has 0 heterocycles. The van der Waals surface area contributed by atoms with Crippen LogP contribution in [0.1, 0.15) is 73.1 Å². The van der Waals surface area contributed by atoms with Gasteiger partial charge in [-0.05, 0) is 50.7 Å². The van der Waals surface area contributed by atoms with Crippen molar-refractivity contribution in [2.75, 3.05) is 0 Å². The highest BCUT2D eigenvalue weighted by molar-refractivity contribution is 6.01. The topological polar surface area (TPSA) is 107 Å². The summed E-state index contributed by atoms with van der Waals surface area (Å²) in [5.41, 5.74) is -5.57. The fourth-order valence-electron chi connectivity index (χ4n) is 7.73. The van der Waals surface area contributed by atoms with Gasteiger partial charge in [-0.2, -0.15) is 0 Å². The molecule has 0 spiro atoms. The number of ketones is 1. The van der Waals surface area contributed by atoms with E-state index >= 15 is 4.39 Å². The van der Waals surface area contributed by atoms with Crippen molar-refractivity contribution < 1.29 is 38.1 Å². The predicted molar refractivity (Wildman–Crippen MR) is 123 cm³/mol. The van der Waals surface area contributed by atoms with Gasteiger partial charge in [0.2, 0.25) is 5.60 Å². The van der Waals surface area contributed by atoms with Gasteiger partial charge in [-0.1, -0.05) is 39.3 Å². The summed E-state index contributed by atoms with van der Waals surface area (Å²) in [4.78, 5) is 50.3. The number of carbonyl (C=O) groups is 4. The smallest absolute Gasteiger partial charge is 0.359 e. The van der Waals surface area contributed by atoms with Crippen LogP contribution in [0.3, 0.4) is 0 Å². The molecule has 1 N–H and O–H groups in total. The molecule has 4 aliphatic rings. The van der Waals surface area contributed by atoms with Gasteiger partial charge in [0.15, 0.2) is 11.5 Å². The van der Waals surface area contributed by atoms with E-state index in [2.05, 4.69) is 0 Å². The van der Waals surface area contributed by atoms with E-state index in [9.17, 15) is 24.3 Å². The van der Waals surface area contributed by atoms with Crippen molar-refractivity contribution in [3.63, 3.8) is 0 Å². The Kier molecular flexibility index (Phi) is 6.14. The quantitative estimate of drug-likeness (QED) is 0.472. The summed E-state index contributed by atoms with van der Waals surface area (Å²) < 4.78 is 28.3. The molecule has 0 radical (unpaired) electrons. The number of hydrogen-bond acceptors (Lipinski definition) is 7. The van der Waals surface area contributed by atoms with Crippen LogP contribution in [0.15, 0.2) is 23.8 Å². The van der Waals surface area contributed by atoms with E-state index in [-0.39, 0.29) is 25.0 Å². The van der Waals surface area contributed by atoms with Crippen LogP contribution in [0.5, 0.6) is 0 Å². The lowest BCUT2D eigenvalue weighted by molar-refractivity contribution is -0.236. The largest absolute Gasteiger partial charge is 0.446 e. The third-order valence-electron chi connectivity index (χ3n) is 9.54. The van der Waals surface area contributed by atoms with Crippen LogP contribution < -0.4 is 0 Å². The number of allylic oxidation sites excluding steroid dienone is 4. The van der Waals surface area contributed by atoms with Crippen molar-refractivity contribution in [1.82, 2.24) is 0 Å². The first-order chi connectivity index (χ1) is 16.3. The van der Waals surface area contributed by atoms with Gasteiger partial charge in [-0.15, -0.1) is 0 Å². The molecule has 0 aliphatic heterocycles. The second kappa shape index (κ2) is 8.36. The molecule has 0 unspecified atom stereocenters. The number of fused-ring (bicyclic) bond motifs is 5. The van der Waals surface area contributed by atoms with Gasteiger partial charge in [0.25, 0.3) is 0 Å². The van der Waals surface area contributed by atoms with Crippen molar-refractivity contribution in [3.05, 3.63) is 23.8 Å². The van der Waals surface area contributed by atoms with Gasteiger partial charge >= 0.3 is 17.9 Å². The molecule has 0 aromatic rings. The highest BCUT2D eigenvalue weighted by atomic mass is 19.1. The second-order valence-corrected chi connectivity index (χ2v) is 11.1. The lowest BCUT2D eigenvalue weighted by atomic mass is 9.44. The Labute approximate surface area is 205 Å². The molecule has 0 aromatic heterocycles. The Bertz CT molecular complexity index is 1030. The molecule has 8 atom stereocenters. The minimum absolute atomic E-state index is 0.00823. The summed E-state index contributed by atoms with van der Waals surface area (Å²) in [6.45, 7) is 8.38. The summed E-state index contributed by atoms with van der Waals surface area (Å²) in [7, 11) is 0. The minimum Gasteiger partial charge on any atom is -0.446 e. The Hall–Kier alpha value is -2.35. The molecule has 0 bridgehead atoms. The van der Waals surface area contributed by atoms with Crippen LogP contribution in [0.4, 0.5) is 4.39 Å². The zero-order valence-corrected chi connectivity index (χ0v) is 21.1. The molecule has 0 amide bonds. The van der Waals surface area contributed by atoms with Crippen LogP contribution in [0.25, 0.3) is 0 Å². The molecule has 0 aromatic carbocycles. The highest BCUT2D eigenvalue weighted by Crippen LogP contribution is 2.71. The highest BCUT2D eigenvalue weighted by Gasteiger charge is 2.78. The Morgan fingerprint density at radius 2 is 1.80 bits per heavy atom. The zero-order chi connectivity index (χ0) is 26.0. The second-order valence-electron chi connectivity index (χ2n) is 11.1. The molecule has 3 saturated carbocycles. The molecule has 8 heteroatoms. The van der Waals surface area contributed by atoms with Gasteiger partial charge in [0, 0.05) is 35.5 Å². The summed E-state index contributed by atoms with van der Waals surface area (Å²) in [5, 5.41) is 11.5. The zero-order valence-electron chi connectivity index (χ0n) is 21.1. The van der Waals surface area contributed by atoms with Crippen LogP contribution in [-0.2, 0) is 28.7 Å². The average Bonchev–Trinajstić information content (AvgIpc) is 3.02. The molecule has 0 saturated heterocycles. The maximum atomic E-state index is 17.3. The van der Waals surface area contributed by atoms with Gasteiger partial charge in [0.1, 0.15) is 0 Å². The van der Waals surface area contributed by atoms with Crippen molar-refractivity contribution in [1.29, 1.82) is 0 Å². The van der Waals surface area contributed by atoms with Gasteiger partial charge in [-0.25, -0.2) is 9.18 Å². The number of aliphatic hydroxyl groups is 1. The van der Waals surface area contributed by atoms with Crippen LogP contribution in [0.2, 0.25) is 0 Å². The minimum atomic E-state index is -2.08. The fraction of sp³-hybridized carbons (Fsp3) is 0.704. The van der Waals surface area contributed by atoms with Crippen LogP contribution in [0, 0.1) is 28.6 Å². The van der Waals surface area contributed by atoms with Crippen molar-refractivity contribution in [2.45, 2.75) is 90.5 Å². The maximum Gasteiger partial charge on any atom is 0.359 e. The van der Waals surface area contributed by atoms with E-state index in [0.717, 1.165) is 0 Å². The van der Waals surface area contributed by atoms with Gasteiger partial charge in [-0.3, -0.25) is 14.4 Å². The maximum absolute atomic E-state index is 17.3. The molecule has 192 valence electrons. The van der Waals surface area contributed by atoms with E-state index in [1.165, 1.54) is 12.2 Å². The summed E-state index contributed by atoms with van der Waals surface area (Å²) in [6, 6.07) is 0. The molecule has 4 rings (SSSR count). The lowest BCUT2D eigenvalue weighted by Gasteiger charge is -2.62. The molecule has 35 heavy (non-hydrogen) atoms. The third-order valence-corrected chi connectivity index (χ3v) is 9.54. The molecular weight excluding hydrogens is 455 g/mol. The fourth-order valence-corrected chi connectivity index (χ4v) is 7.73. The normalized spacial score (nSPS) is 44.0. The van der Waals surface area contributed by atoms with E-state index in [0.29, 0.717) is 24.8 Å². The van der Waals surface area contributed by atoms with E-state index in [1.54, 1.807) is 40.7 Å². The predicted octanol–water partition coefficient (Wildman–Crippen LogP) is 3.78. The third kappa shape index (κ3) is 3.24. The number of esters is 3. The van der Waals surface area contributed by atoms with Crippen molar-refractivity contribution in [2.24, 2.45) is 28.6 Å². The molecule has 4 aliphatic carbocycles. The Morgan fingerprint density at radius 3 is 2.43 bits per heavy atom.